The molecule has 0 aliphatic carbocycles. The number of hydrogen-bond donors (Lipinski definition) is 0. The fourth-order valence-corrected chi connectivity index (χ4v) is 3.74. The van der Waals surface area contributed by atoms with Gasteiger partial charge in [0.25, 0.3) is 11.5 Å². The molecule has 0 bridgehead atoms. The van der Waals surface area contributed by atoms with Gasteiger partial charge in [0.15, 0.2) is 5.69 Å². The smallest absolute Gasteiger partial charge is 0.279 e. The molecular formula is C21H17N3O2S. The van der Waals surface area contributed by atoms with Gasteiger partial charge in [-0.05, 0) is 29.6 Å². The largest absolute Gasteiger partial charge is 0.335 e. The molecule has 0 fully saturated rings. The maximum Gasteiger partial charge on any atom is 0.279 e. The third kappa shape index (κ3) is 3.27. The van der Waals surface area contributed by atoms with Gasteiger partial charge in [-0.15, -0.1) is 11.3 Å². The van der Waals surface area contributed by atoms with Crippen molar-refractivity contribution in [2.75, 3.05) is 7.05 Å². The van der Waals surface area contributed by atoms with E-state index in [-0.39, 0.29) is 17.2 Å². The lowest BCUT2D eigenvalue weighted by atomic mass is 10.1. The molecule has 2 aromatic heterocycles. The number of aromatic nitrogens is 2. The van der Waals surface area contributed by atoms with E-state index in [1.165, 1.54) is 4.68 Å². The van der Waals surface area contributed by atoms with Crippen LogP contribution in [0.5, 0.6) is 0 Å². The first-order valence-corrected chi connectivity index (χ1v) is 9.38. The summed E-state index contributed by atoms with van der Waals surface area (Å²) in [5.41, 5.74) is 0.658. The van der Waals surface area contributed by atoms with Gasteiger partial charge in [-0.3, -0.25) is 9.59 Å². The van der Waals surface area contributed by atoms with E-state index in [1.54, 1.807) is 53.6 Å². The molecular weight excluding hydrogens is 358 g/mol. The number of benzene rings is 2. The van der Waals surface area contributed by atoms with E-state index in [1.807, 2.05) is 41.8 Å². The van der Waals surface area contributed by atoms with Crippen LogP contribution >= 0.6 is 11.3 Å². The Labute approximate surface area is 160 Å². The number of hydrogen-bond acceptors (Lipinski definition) is 4. The van der Waals surface area contributed by atoms with Crippen LogP contribution in [0.1, 0.15) is 15.4 Å². The summed E-state index contributed by atoms with van der Waals surface area (Å²) < 4.78 is 1.30. The third-order valence-electron chi connectivity index (χ3n) is 4.33. The summed E-state index contributed by atoms with van der Waals surface area (Å²) in [6.07, 6.45) is 0. The number of para-hydroxylation sites is 1. The van der Waals surface area contributed by atoms with Gasteiger partial charge >= 0.3 is 0 Å². The SMILES string of the molecule is CN(Cc1cccs1)C(=O)c1nn(-c2ccccc2)c(=O)c2ccccc12. The normalized spacial score (nSPS) is 10.9. The van der Waals surface area contributed by atoms with Crippen molar-refractivity contribution in [1.82, 2.24) is 14.7 Å². The molecule has 27 heavy (non-hydrogen) atoms. The first kappa shape index (κ1) is 17.2. The highest BCUT2D eigenvalue weighted by Crippen LogP contribution is 2.18. The Bertz CT molecular complexity index is 1150. The van der Waals surface area contributed by atoms with Crippen LogP contribution in [0.4, 0.5) is 0 Å². The molecule has 2 aromatic carbocycles. The van der Waals surface area contributed by atoms with Crippen LogP contribution in [-0.2, 0) is 6.54 Å². The molecule has 134 valence electrons. The van der Waals surface area contributed by atoms with E-state index in [2.05, 4.69) is 5.10 Å². The molecule has 0 N–H and O–H groups in total. The minimum Gasteiger partial charge on any atom is -0.335 e. The van der Waals surface area contributed by atoms with Crippen LogP contribution in [0.15, 0.2) is 76.9 Å². The van der Waals surface area contributed by atoms with Crippen LogP contribution in [0, 0.1) is 0 Å². The fraction of sp³-hybridized carbons (Fsp3) is 0.0952. The number of thiophene rings is 1. The van der Waals surface area contributed by atoms with Crippen LogP contribution in [0.25, 0.3) is 16.5 Å². The number of carbonyl (C=O) groups is 1. The molecule has 0 unspecified atom stereocenters. The summed E-state index contributed by atoms with van der Waals surface area (Å²) in [7, 11) is 1.75. The van der Waals surface area contributed by atoms with Gasteiger partial charge in [0, 0.05) is 17.3 Å². The fourth-order valence-electron chi connectivity index (χ4n) is 2.98. The Morgan fingerprint density at radius 3 is 2.41 bits per heavy atom. The third-order valence-corrected chi connectivity index (χ3v) is 5.19. The van der Waals surface area contributed by atoms with Crippen LogP contribution < -0.4 is 5.56 Å². The molecule has 0 saturated heterocycles. The number of amides is 1. The molecule has 1 amide bonds. The molecule has 5 nitrogen and oxygen atoms in total. The Balaban J connectivity index is 1.85. The minimum atomic E-state index is -0.241. The summed E-state index contributed by atoms with van der Waals surface area (Å²) in [5, 5.41) is 7.46. The Morgan fingerprint density at radius 2 is 1.70 bits per heavy atom. The van der Waals surface area contributed by atoms with Crippen LogP contribution in [0.2, 0.25) is 0 Å². The number of carbonyl (C=O) groups excluding carboxylic acids is 1. The Hall–Kier alpha value is -3.25. The zero-order chi connectivity index (χ0) is 18.8. The van der Waals surface area contributed by atoms with E-state index >= 15 is 0 Å². The second-order valence-corrected chi connectivity index (χ2v) is 7.22. The lowest BCUT2D eigenvalue weighted by Gasteiger charge is -2.18. The predicted molar refractivity (Wildman–Crippen MR) is 107 cm³/mol. The van der Waals surface area contributed by atoms with Gasteiger partial charge in [0.2, 0.25) is 0 Å². The van der Waals surface area contributed by atoms with Crippen molar-refractivity contribution in [3.8, 4) is 5.69 Å². The summed E-state index contributed by atoms with van der Waals surface area (Å²) in [6.45, 7) is 0.497. The van der Waals surface area contributed by atoms with Crippen molar-refractivity contribution < 1.29 is 4.79 Å². The molecule has 0 spiro atoms. The molecule has 4 rings (SSSR count). The molecule has 4 aromatic rings. The zero-order valence-electron chi connectivity index (χ0n) is 14.7. The molecule has 0 aliphatic rings. The van der Waals surface area contributed by atoms with Crippen molar-refractivity contribution in [3.63, 3.8) is 0 Å². The maximum absolute atomic E-state index is 13.1. The Morgan fingerprint density at radius 1 is 1.00 bits per heavy atom. The minimum absolute atomic E-state index is 0.218. The number of nitrogens with zero attached hydrogens (tertiary/aromatic N) is 3. The van der Waals surface area contributed by atoms with Gasteiger partial charge in [0.1, 0.15) is 0 Å². The van der Waals surface area contributed by atoms with Crippen molar-refractivity contribution >= 4 is 28.0 Å². The topological polar surface area (TPSA) is 55.2 Å². The second kappa shape index (κ2) is 7.17. The van der Waals surface area contributed by atoms with Gasteiger partial charge in [-0.25, -0.2) is 0 Å². The van der Waals surface area contributed by atoms with E-state index in [9.17, 15) is 9.59 Å². The van der Waals surface area contributed by atoms with Gasteiger partial charge in [0.05, 0.1) is 17.6 Å². The van der Waals surface area contributed by atoms with Crippen molar-refractivity contribution in [2.45, 2.75) is 6.54 Å². The first-order chi connectivity index (χ1) is 13.1. The summed E-state index contributed by atoms with van der Waals surface area (Å²) in [5.74, 6) is -0.218. The van der Waals surface area contributed by atoms with Crippen LogP contribution in [-0.4, -0.2) is 27.6 Å². The van der Waals surface area contributed by atoms with Gasteiger partial charge < -0.3 is 4.90 Å². The molecule has 0 saturated carbocycles. The monoisotopic (exact) mass is 375 g/mol. The maximum atomic E-state index is 13.1. The number of rotatable bonds is 4. The second-order valence-electron chi connectivity index (χ2n) is 6.19. The quantitative estimate of drug-likeness (QED) is 0.546. The first-order valence-electron chi connectivity index (χ1n) is 8.50. The highest BCUT2D eigenvalue weighted by molar-refractivity contribution is 7.09. The lowest BCUT2D eigenvalue weighted by Crippen LogP contribution is -2.31. The molecule has 6 heteroatoms. The van der Waals surface area contributed by atoms with E-state index in [4.69, 9.17) is 0 Å². The summed E-state index contributed by atoms with van der Waals surface area (Å²) >= 11 is 1.60. The molecule has 0 radical (unpaired) electrons. The predicted octanol–water partition coefficient (Wildman–Crippen LogP) is 3.72. The van der Waals surface area contributed by atoms with Gasteiger partial charge in [-0.1, -0.05) is 42.5 Å². The molecule has 0 atom stereocenters. The van der Waals surface area contributed by atoms with Crippen molar-refractivity contribution in [3.05, 3.63) is 93.0 Å². The highest BCUT2D eigenvalue weighted by Gasteiger charge is 2.20. The average molecular weight is 375 g/mol. The number of fused-ring (bicyclic) bond motifs is 1. The average Bonchev–Trinajstić information content (AvgIpc) is 3.21. The molecule has 2 heterocycles. The van der Waals surface area contributed by atoms with Crippen molar-refractivity contribution in [2.24, 2.45) is 0 Å². The standard InChI is InChI=1S/C21H17N3O2S/c1-23(14-16-10-7-13-27-16)21(26)19-17-11-5-6-12-18(17)20(25)24(22-19)15-8-3-2-4-9-15/h2-13H,14H2,1H3. The van der Waals surface area contributed by atoms with E-state index in [0.29, 0.717) is 23.0 Å². The lowest BCUT2D eigenvalue weighted by molar-refractivity contribution is 0.0781. The summed E-state index contributed by atoms with van der Waals surface area (Å²) in [4.78, 5) is 28.8. The zero-order valence-corrected chi connectivity index (χ0v) is 15.5. The highest BCUT2D eigenvalue weighted by atomic mass is 32.1. The molecule has 0 aliphatic heterocycles. The van der Waals surface area contributed by atoms with Crippen LogP contribution in [0.3, 0.4) is 0 Å². The summed E-state index contributed by atoms with van der Waals surface area (Å²) in [6, 6.07) is 20.2. The van der Waals surface area contributed by atoms with E-state index in [0.717, 1.165) is 4.88 Å². The Kier molecular flexibility index (Phi) is 4.56. The van der Waals surface area contributed by atoms with E-state index < -0.39 is 0 Å². The van der Waals surface area contributed by atoms with Crippen molar-refractivity contribution in [1.29, 1.82) is 0 Å². The van der Waals surface area contributed by atoms with Gasteiger partial charge in [-0.2, -0.15) is 9.78 Å².